The van der Waals surface area contributed by atoms with E-state index in [-0.39, 0.29) is 23.7 Å². The van der Waals surface area contributed by atoms with Gasteiger partial charge in [0.1, 0.15) is 0 Å². The van der Waals surface area contributed by atoms with E-state index in [0.717, 1.165) is 5.69 Å². The van der Waals surface area contributed by atoms with Crippen molar-refractivity contribution in [1.29, 1.82) is 0 Å². The van der Waals surface area contributed by atoms with Gasteiger partial charge >= 0.3 is 0 Å². The van der Waals surface area contributed by atoms with Crippen LogP contribution < -0.4 is 0 Å². The predicted octanol–water partition coefficient (Wildman–Crippen LogP) is 27.8. The number of nitrogens with zero attached hydrogens (tertiary/aromatic N) is 4. The monoisotopic (exact) mass is 1490 g/mol. The molecule has 4 heterocycles. The summed E-state index contributed by atoms with van der Waals surface area (Å²) in [6.45, 7) is 0. The number of hydrogen-bond donors (Lipinski definition) is 0. The first-order valence-corrected chi connectivity index (χ1v) is 41.1. The van der Waals surface area contributed by atoms with Crippen LogP contribution >= 0.6 is 0 Å². The highest BCUT2D eigenvalue weighted by molar-refractivity contribution is 6.20. The molecule has 4 nitrogen and oxygen atoms in total. The Bertz CT molecular complexity index is 7650. The topological polar surface area (TPSA) is 19.7 Å². The summed E-state index contributed by atoms with van der Waals surface area (Å²) in [5, 5.41) is 10.3. The van der Waals surface area contributed by atoms with Crippen molar-refractivity contribution in [3.63, 3.8) is 0 Å². The van der Waals surface area contributed by atoms with E-state index in [1.165, 1.54) is 204 Å². The van der Waals surface area contributed by atoms with E-state index in [9.17, 15) is 0 Å². The van der Waals surface area contributed by atoms with Gasteiger partial charge in [-0.05, 0) is 173 Å². The fraction of sp³-hybridized carbons (Fsp3) is 0.0442. The third kappa shape index (κ3) is 9.24. The van der Waals surface area contributed by atoms with Crippen molar-refractivity contribution >= 4 is 87.2 Å². The largest absolute Gasteiger partial charge is 0.309 e. The van der Waals surface area contributed by atoms with E-state index in [2.05, 4.69) is 443 Å². The summed E-state index contributed by atoms with van der Waals surface area (Å²) in [7, 11) is 0. The zero-order valence-corrected chi connectivity index (χ0v) is 64.0. The molecule has 0 unspecified atom stereocenters. The second-order valence-electron chi connectivity index (χ2n) is 32.2. The highest BCUT2D eigenvalue weighted by Crippen LogP contribution is 2.61. The lowest BCUT2D eigenvalue weighted by molar-refractivity contribution is 0.744. The molecule has 546 valence electrons. The molecule has 4 bridgehead atoms. The van der Waals surface area contributed by atoms with Crippen LogP contribution in [0.25, 0.3) is 121 Å². The molecule has 28 rings (SSSR count). The highest BCUT2D eigenvalue weighted by atomic mass is 15.0. The summed E-state index contributed by atoms with van der Waals surface area (Å²) < 4.78 is 10.1. The average Bonchev–Trinajstić information content (AvgIpc) is 1.67. The normalized spacial score (nSPS) is 15.4. The van der Waals surface area contributed by atoms with Gasteiger partial charge in [-0.3, -0.25) is 0 Å². The molecule has 0 spiro atoms. The van der Waals surface area contributed by atoms with E-state index in [1.54, 1.807) is 0 Å². The Labute approximate surface area is 677 Å². The minimum Gasteiger partial charge on any atom is -0.309 e. The van der Waals surface area contributed by atoms with Gasteiger partial charge in [-0.1, -0.05) is 346 Å². The zero-order chi connectivity index (χ0) is 76.6. The Morgan fingerprint density at radius 1 is 0.179 bits per heavy atom. The van der Waals surface area contributed by atoms with Crippen molar-refractivity contribution in [1.82, 2.24) is 18.3 Å². The van der Waals surface area contributed by atoms with Crippen molar-refractivity contribution in [3.05, 3.63) is 514 Å². The molecule has 0 N–H and O–H groups in total. The van der Waals surface area contributed by atoms with Crippen LogP contribution in [0.3, 0.4) is 0 Å². The zero-order valence-electron chi connectivity index (χ0n) is 64.0. The fourth-order valence-corrected chi connectivity index (χ4v) is 22.3. The van der Waals surface area contributed by atoms with E-state index in [4.69, 9.17) is 0 Å². The maximum Gasteiger partial charge on any atom is 0.0702 e. The number of para-hydroxylation sites is 5. The van der Waals surface area contributed by atoms with Crippen LogP contribution in [-0.2, 0) is 5.41 Å². The van der Waals surface area contributed by atoms with Crippen molar-refractivity contribution < 1.29 is 0 Å². The third-order valence-electron chi connectivity index (χ3n) is 26.7. The van der Waals surface area contributed by atoms with Crippen LogP contribution in [-0.4, -0.2) is 18.3 Å². The molecule has 0 saturated carbocycles. The molecule has 4 heteroatoms. The van der Waals surface area contributed by atoms with Crippen molar-refractivity contribution in [2.75, 3.05) is 0 Å². The fourth-order valence-electron chi connectivity index (χ4n) is 22.3. The lowest BCUT2D eigenvalue weighted by Crippen LogP contribution is -2.31. The Kier molecular flexibility index (Phi) is 14.4. The lowest BCUT2D eigenvalue weighted by atomic mass is 9.60. The Hall–Kier alpha value is -14.8. The number of aromatic nitrogens is 4. The molecule has 0 radical (unpaired) electrons. The van der Waals surface area contributed by atoms with Crippen molar-refractivity contribution in [2.24, 2.45) is 0 Å². The van der Waals surface area contributed by atoms with Gasteiger partial charge in [0, 0.05) is 78.0 Å². The quantitative estimate of drug-likeness (QED) is 0.128. The molecule has 0 amide bonds. The summed E-state index contributed by atoms with van der Waals surface area (Å²) in [5.41, 5.74) is 38.6. The molecule has 6 aliphatic rings. The van der Waals surface area contributed by atoms with Gasteiger partial charge in [-0.25, -0.2) is 0 Å². The number of rotatable bonds is 9. The summed E-state index contributed by atoms with van der Waals surface area (Å²) in [5.74, 6) is 0.827. The minimum absolute atomic E-state index is 0.171. The van der Waals surface area contributed by atoms with E-state index in [1.807, 2.05) is 0 Å². The highest BCUT2D eigenvalue weighted by Gasteiger charge is 2.46. The van der Waals surface area contributed by atoms with Crippen LogP contribution in [0.1, 0.15) is 113 Å². The number of hydrogen-bond acceptors (Lipinski definition) is 0. The molecule has 6 aliphatic carbocycles. The van der Waals surface area contributed by atoms with Crippen LogP contribution in [0.2, 0.25) is 0 Å². The molecule has 18 aromatic carbocycles. The molecule has 22 aromatic rings. The molecule has 0 saturated heterocycles. The summed E-state index contributed by atoms with van der Waals surface area (Å²) in [4.78, 5) is 0. The van der Waals surface area contributed by atoms with Crippen molar-refractivity contribution in [3.8, 4) is 33.9 Å². The van der Waals surface area contributed by atoms with E-state index >= 15 is 0 Å². The maximum absolute atomic E-state index is 2.56. The second kappa shape index (κ2) is 25.6. The Morgan fingerprint density at radius 2 is 0.470 bits per heavy atom. The first-order chi connectivity index (χ1) is 58.2. The van der Waals surface area contributed by atoms with Crippen molar-refractivity contribution in [2.45, 2.75) is 29.1 Å². The standard InChI is InChI=1S/C63H42N2.C50H32N2/c1-4-20-41(21-5-1)63(42-22-6-2-7-23-42,43-24-8-3-9-25-43)44-26-18-27-45(40-44)64-53-34-16-14-32-50(53)60-55(64)36-19-37-56(60)65-54-35-17-15-33-51(54)61-57(65)39-38-52-58-46-28-10-12-30-48(46)59(62(52)61)49-31-13-11-29-47(49)58;1-2-15-31(16-3-1)32-17-8-11-24-40(32)51-41-25-12-9-22-37(41)48-43(51)27-14-28-44(48)52-42-26-13-10-23-38(42)49-45(52)30-29-39-46-33-18-4-6-20-35(33)47(50(39)49)36-21-7-5-19-34(36)46/h1-40,58-59H;1-30,46-47H. The van der Waals surface area contributed by atoms with Gasteiger partial charge in [-0.15, -0.1) is 0 Å². The smallest absolute Gasteiger partial charge is 0.0702 e. The molecule has 0 fully saturated rings. The van der Waals surface area contributed by atoms with Crippen LogP contribution in [0.5, 0.6) is 0 Å². The summed E-state index contributed by atoms with van der Waals surface area (Å²) >= 11 is 0. The summed E-state index contributed by atoms with van der Waals surface area (Å²) in [6, 6.07) is 158. The maximum atomic E-state index is 2.56. The van der Waals surface area contributed by atoms with Crippen LogP contribution in [0.15, 0.2) is 425 Å². The van der Waals surface area contributed by atoms with Crippen LogP contribution in [0.4, 0.5) is 0 Å². The first kappa shape index (κ1) is 65.7. The average molecular weight is 1490 g/mol. The first-order valence-electron chi connectivity index (χ1n) is 41.1. The van der Waals surface area contributed by atoms with E-state index in [0.29, 0.717) is 0 Å². The molecule has 0 atom stereocenters. The van der Waals surface area contributed by atoms with Crippen LogP contribution in [0, 0.1) is 0 Å². The SMILES string of the molecule is c1ccc(-c2ccccc2-n2c3ccccc3c3c(-n4c5ccccc5c5c6c(ccc54)C4c5ccccc5C6c5ccccc54)cccc32)cc1.c1ccc(C(c2ccccc2)(c2ccccc2)c2cccc(-n3c4ccccc4c4c(-n5c6ccccc6c6c7c(ccc65)C5c6ccccc6C7c6ccccc65)cccc43)c2)cc1. The molecular weight excluding hydrogens is 1410 g/mol. The number of fused-ring (bicyclic) bond motifs is 12. The molecular formula is C113H74N4. The van der Waals surface area contributed by atoms with Gasteiger partial charge in [0.15, 0.2) is 0 Å². The Morgan fingerprint density at radius 3 is 0.897 bits per heavy atom. The lowest BCUT2D eigenvalue weighted by Gasteiger charge is -2.42. The summed E-state index contributed by atoms with van der Waals surface area (Å²) in [6.07, 6.45) is 0. The second-order valence-corrected chi connectivity index (χ2v) is 32.2. The van der Waals surface area contributed by atoms with Gasteiger partial charge in [-0.2, -0.15) is 0 Å². The molecule has 117 heavy (non-hydrogen) atoms. The minimum atomic E-state index is -0.563. The molecule has 4 aromatic heterocycles. The Balaban J connectivity index is 0.000000134. The number of benzene rings is 18. The third-order valence-corrected chi connectivity index (χ3v) is 26.7. The predicted molar refractivity (Wildman–Crippen MR) is 484 cm³/mol. The van der Waals surface area contributed by atoms with Gasteiger partial charge in [0.25, 0.3) is 0 Å². The van der Waals surface area contributed by atoms with Gasteiger partial charge in [0.2, 0.25) is 0 Å². The van der Waals surface area contributed by atoms with Gasteiger partial charge < -0.3 is 18.3 Å². The van der Waals surface area contributed by atoms with Gasteiger partial charge in [0.05, 0.1) is 66.6 Å². The molecule has 0 aliphatic heterocycles. The van der Waals surface area contributed by atoms with E-state index < -0.39 is 5.41 Å².